The van der Waals surface area contributed by atoms with Crippen LogP contribution in [0.15, 0.2) is 66.7 Å². The first kappa shape index (κ1) is 23.0. The number of fused-ring (bicyclic) bond motifs is 2. The molecule has 3 aromatic carbocycles. The SMILES string of the molecule is CC(CCO)NCc1ccccc1-c1ccc2nc(N)nc(C(=O)N3Cc4ccccc4C3)c2c1. The predicted octanol–water partition coefficient (Wildman–Crippen LogP) is 3.90. The number of aromatic nitrogens is 2. The van der Waals surface area contributed by atoms with E-state index in [-0.39, 0.29) is 24.5 Å². The van der Waals surface area contributed by atoms with Gasteiger partial charge in [-0.05, 0) is 53.3 Å². The number of rotatable bonds is 7. The van der Waals surface area contributed by atoms with Gasteiger partial charge in [-0.15, -0.1) is 0 Å². The average molecular weight is 468 g/mol. The van der Waals surface area contributed by atoms with E-state index in [0.29, 0.717) is 42.7 Å². The largest absolute Gasteiger partial charge is 0.396 e. The van der Waals surface area contributed by atoms with E-state index < -0.39 is 0 Å². The number of amides is 1. The molecule has 4 aromatic rings. The Morgan fingerprint density at radius 3 is 2.51 bits per heavy atom. The Hall–Kier alpha value is -3.81. The number of nitrogen functional groups attached to an aromatic ring is 1. The van der Waals surface area contributed by atoms with Gasteiger partial charge in [-0.2, -0.15) is 0 Å². The van der Waals surface area contributed by atoms with Crippen molar-refractivity contribution in [3.8, 4) is 11.1 Å². The van der Waals surface area contributed by atoms with Crippen molar-refractivity contribution >= 4 is 22.8 Å². The molecule has 0 spiro atoms. The zero-order valence-corrected chi connectivity index (χ0v) is 19.7. The maximum Gasteiger partial charge on any atom is 0.273 e. The van der Waals surface area contributed by atoms with Crippen molar-refractivity contribution in [2.45, 2.75) is 39.0 Å². The van der Waals surface area contributed by atoms with Crippen molar-refractivity contribution in [2.75, 3.05) is 12.3 Å². The fourth-order valence-corrected chi connectivity index (χ4v) is 4.64. The molecule has 0 saturated carbocycles. The Balaban J connectivity index is 1.50. The molecule has 0 radical (unpaired) electrons. The molecular formula is C28H29N5O2. The zero-order chi connectivity index (χ0) is 24.4. The first-order chi connectivity index (χ1) is 17.0. The number of nitrogens with two attached hydrogens (primary N) is 1. The molecule has 4 N–H and O–H groups in total. The Morgan fingerprint density at radius 1 is 1.06 bits per heavy atom. The fourth-order valence-electron chi connectivity index (χ4n) is 4.64. The summed E-state index contributed by atoms with van der Waals surface area (Å²) in [4.78, 5) is 24.2. The van der Waals surface area contributed by atoms with Crippen LogP contribution in [0.25, 0.3) is 22.0 Å². The molecule has 1 aliphatic rings. The minimum atomic E-state index is -0.148. The standard InChI is InChI=1S/C28H29N5O2/c1-18(12-13-34)30-15-20-6-4-5-9-23(20)19-10-11-25-24(14-19)26(32-28(29)31-25)27(35)33-16-21-7-2-3-8-22(21)17-33/h2-11,14,18,30,34H,12-13,15-17H2,1H3,(H2,29,31,32). The van der Waals surface area contributed by atoms with Gasteiger partial charge in [0.25, 0.3) is 5.91 Å². The van der Waals surface area contributed by atoms with Gasteiger partial charge in [0.1, 0.15) is 5.69 Å². The predicted molar refractivity (Wildman–Crippen MR) is 137 cm³/mol. The number of aliphatic hydroxyl groups excluding tert-OH is 1. The molecule has 0 aliphatic carbocycles. The summed E-state index contributed by atoms with van der Waals surface area (Å²) >= 11 is 0. The lowest BCUT2D eigenvalue weighted by Gasteiger charge is -2.17. The van der Waals surface area contributed by atoms with Crippen molar-refractivity contribution in [3.05, 3.63) is 89.1 Å². The maximum absolute atomic E-state index is 13.6. The highest BCUT2D eigenvalue weighted by Gasteiger charge is 2.27. The van der Waals surface area contributed by atoms with Crippen molar-refractivity contribution in [2.24, 2.45) is 0 Å². The number of hydrogen-bond donors (Lipinski definition) is 3. The van der Waals surface area contributed by atoms with Gasteiger partial charge in [-0.3, -0.25) is 4.79 Å². The van der Waals surface area contributed by atoms with Crippen LogP contribution in [0.5, 0.6) is 0 Å². The minimum Gasteiger partial charge on any atom is -0.396 e. The van der Waals surface area contributed by atoms with Crippen LogP contribution in [0.3, 0.4) is 0 Å². The zero-order valence-electron chi connectivity index (χ0n) is 19.7. The second-order valence-corrected chi connectivity index (χ2v) is 9.04. The number of carbonyl (C=O) groups excluding carboxylic acids is 1. The van der Waals surface area contributed by atoms with Gasteiger partial charge >= 0.3 is 0 Å². The molecular weight excluding hydrogens is 438 g/mol. The van der Waals surface area contributed by atoms with Gasteiger partial charge in [-0.25, -0.2) is 9.97 Å². The summed E-state index contributed by atoms with van der Waals surface area (Å²) in [6.07, 6.45) is 0.697. The van der Waals surface area contributed by atoms with Gasteiger partial charge in [0.15, 0.2) is 0 Å². The van der Waals surface area contributed by atoms with Gasteiger partial charge in [0.05, 0.1) is 5.52 Å². The van der Waals surface area contributed by atoms with E-state index in [1.165, 1.54) is 0 Å². The highest BCUT2D eigenvalue weighted by molar-refractivity contribution is 6.05. The first-order valence-electron chi connectivity index (χ1n) is 11.9. The number of benzene rings is 3. The number of aliphatic hydroxyl groups is 1. The molecule has 1 atom stereocenters. The van der Waals surface area contributed by atoms with E-state index in [4.69, 9.17) is 5.73 Å². The lowest BCUT2D eigenvalue weighted by atomic mass is 9.97. The maximum atomic E-state index is 13.6. The van der Waals surface area contributed by atoms with Crippen LogP contribution in [0.1, 0.15) is 40.5 Å². The monoisotopic (exact) mass is 467 g/mol. The van der Waals surface area contributed by atoms with E-state index in [1.54, 1.807) is 4.90 Å². The van der Waals surface area contributed by atoms with Gasteiger partial charge in [0, 0.05) is 37.7 Å². The van der Waals surface area contributed by atoms with Crippen molar-refractivity contribution in [3.63, 3.8) is 0 Å². The smallest absolute Gasteiger partial charge is 0.273 e. The molecule has 178 valence electrons. The van der Waals surface area contributed by atoms with Crippen molar-refractivity contribution < 1.29 is 9.90 Å². The summed E-state index contributed by atoms with van der Waals surface area (Å²) in [5.74, 6) is -0.0574. The average Bonchev–Trinajstić information content (AvgIpc) is 3.31. The Kier molecular flexibility index (Phi) is 6.44. The molecule has 35 heavy (non-hydrogen) atoms. The number of nitrogens with one attached hydrogen (secondary N) is 1. The molecule has 1 unspecified atom stereocenters. The van der Waals surface area contributed by atoms with Crippen LogP contribution in [0.4, 0.5) is 5.95 Å². The molecule has 0 fully saturated rings. The first-order valence-corrected chi connectivity index (χ1v) is 11.9. The lowest BCUT2D eigenvalue weighted by Crippen LogP contribution is -2.27. The van der Waals surface area contributed by atoms with E-state index in [0.717, 1.165) is 27.8 Å². The third-order valence-corrected chi connectivity index (χ3v) is 6.58. The minimum absolute atomic E-state index is 0.0905. The van der Waals surface area contributed by atoms with Crippen LogP contribution in [0.2, 0.25) is 0 Å². The van der Waals surface area contributed by atoms with Crippen LogP contribution in [0, 0.1) is 0 Å². The highest BCUT2D eigenvalue weighted by Crippen LogP contribution is 2.30. The van der Waals surface area contributed by atoms with E-state index in [1.807, 2.05) is 42.5 Å². The summed E-state index contributed by atoms with van der Waals surface area (Å²) in [6.45, 7) is 4.00. The summed E-state index contributed by atoms with van der Waals surface area (Å²) in [7, 11) is 0. The molecule has 5 rings (SSSR count). The summed E-state index contributed by atoms with van der Waals surface area (Å²) in [5.41, 5.74) is 12.5. The third-order valence-electron chi connectivity index (χ3n) is 6.58. The molecule has 2 heterocycles. The molecule has 1 aromatic heterocycles. The molecule has 7 nitrogen and oxygen atoms in total. The van der Waals surface area contributed by atoms with Crippen molar-refractivity contribution in [1.29, 1.82) is 0 Å². The Bertz CT molecular complexity index is 1360. The summed E-state index contributed by atoms with van der Waals surface area (Å²) < 4.78 is 0. The number of nitrogens with zero attached hydrogens (tertiary/aromatic N) is 3. The molecule has 7 heteroatoms. The van der Waals surface area contributed by atoms with Crippen LogP contribution in [-0.4, -0.2) is 38.5 Å². The van der Waals surface area contributed by atoms with Crippen LogP contribution < -0.4 is 11.1 Å². The quantitative estimate of drug-likeness (QED) is 0.381. The molecule has 0 saturated heterocycles. The summed E-state index contributed by atoms with van der Waals surface area (Å²) in [6, 6.07) is 22.4. The second-order valence-electron chi connectivity index (χ2n) is 9.04. The van der Waals surface area contributed by atoms with Crippen LogP contribution >= 0.6 is 0 Å². The van der Waals surface area contributed by atoms with Gasteiger partial charge in [0.2, 0.25) is 5.95 Å². The topological polar surface area (TPSA) is 104 Å². The van der Waals surface area contributed by atoms with E-state index in [9.17, 15) is 9.90 Å². The highest BCUT2D eigenvalue weighted by atomic mass is 16.3. The van der Waals surface area contributed by atoms with E-state index in [2.05, 4.69) is 46.5 Å². The normalized spacial score (nSPS) is 13.7. The molecule has 1 aliphatic heterocycles. The van der Waals surface area contributed by atoms with E-state index >= 15 is 0 Å². The number of hydrogen-bond acceptors (Lipinski definition) is 6. The van der Waals surface area contributed by atoms with Gasteiger partial charge in [-0.1, -0.05) is 54.6 Å². The van der Waals surface area contributed by atoms with Crippen LogP contribution in [-0.2, 0) is 19.6 Å². The Morgan fingerprint density at radius 2 is 1.77 bits per heavy atom. The number of anilines is 1. The van der Waals surface area contributed by atoms with Crippen molar-refractivity contribution in [1.82, 2.24) is 20.2 Å². The molecule has 1 amide bonds. The number of carbonyl (C=O) groups is 1. The third kappa shape index (κ3) is 4.73. The lowest BCUT2D eigenvalue weighted by molar-refractivity contribution is 0.0747. The Labute approximate surface area is 204 Å². The van der Waals surface area contributed by atoms with Gasteiger partial charge < -0.3 is 21.1 Å². The summed E-state index contributed by atoms with van der Waals surface area (Å²) in [5, 5.41) is 13.4. The second kappa shape index (κ2) is 9.82. The molecule has 0 bridgehead atoms. The fraction of sp³-hybridized carbons (Fsp3) is 0.250.